The largest absolute Gasteiger partial charge is 0.381 e. The second-order valence-electron chi connectivity index (χ2n) is 5.66. The number of aromatic nitrogens is 1. The van der Waals surface area contributed by atoms with E-state index in [1.165, 1.54) is 43.9 Å². The zero-order chi connectivity index (χ0) is 14.2. The summed E-state index contributed by atoms with van der Waals surface area (Å²) in [5, 5.41) is 4.76. The Labute approximate surface area is 122 Å². The molecule has 0 amide bonds. The number of benzene rings is 1. The van der Waals surface area contributed by atoms with E-state index < -0.39 is 0 Å². The molecule has 2 rings (SSSR count). The van der Waals surface area contributed by atoms with Crippen LogP contribution < -0.4 is 5.32 Å². The van der Waals surface area contributed by atoms with Crippen LogP contribution in [0.15, 0.2) is 36.5 Å². The molecule has 1 unspecified atom stereocenters. The van der Waals surface area contributed by atoms with Crippen molar-refractivity contribution >= 4 is 16.6 Å². The number of nitrogens with one attached hydrogen (secondary N) is 1. The molecule has 0 aliphatic rings. The van der Waals surface area contributed by atoms with Crippen LogP contribution in [0.3, 0.4) is 0 Å². The van der Waals surface area contributed by atoms with E-state index in [0.717, 1.165) is 11.2 Å². The van der Waals surface area contributed by atoms with Gasteiger partial charge in [0, 0.05) is 11.4 Å². The van der Waals surface area contributed by atoms with Crippen LogP contribution in [0, 0.1) is 0 Å². The highest BCUT2D eigenvalue weighted by Gasteiger charge is 2.03. The molecule has 0 spiro atoms. The van der Waals surface area contributed by atoms with E-state index >= 15 is 0 Å². The van der Waals surface area contributed by atoms with Crippen LogP contribution in [0.5, 0.6) is 0 Å². The Hall–Kier alpha value is -1.57. The number of para-hydroxylation sites is 1. The monoisotopic (exact) mass is 270 g/mol. The third kappa shape index (κ3) is 4.52. The number of unbranched alkanes of at least 4 members (excludes halogenated alkanes) is 4. The van der Waals surface area contributed by atoms with Crippen molar-refractivity contribution in [3.8, 4) is 0 Å². The van der Waals surface area contributed by atoms with Gasteiger partial charge in [-0.15, -0.1) is 0 Å². The molecule has 0 saturated heterocycles. The van der Waals surface area contributed by atoms with E-state index in [1.807, 2.05) is 12.3 Å². The van der Waals surface area contributed by atoms with Crippen molar-refractivity contribution in [2.45, 2.75) is 58.4 Å². The van der Waals surface area contributed by atoms with Crippen LogP contribution in [-0.4, -0.2) is 11.0 Å². The number of nitrogens with zero attached hydrogens (tertiary/aromatic N) is 1. The Kier molecular flexibility index (Phi) is 5.85. The molecule has 2 heteroatoms. The number of rotatable bonds is 8. The van der Waals surface area contributed by atoms with Gasteiger partial charge in [-0.3, -0.25) is 4.98 Å². The summed E-state index contributed by atoms with van der Waals surface area (Å²) < 4.78 is 0. The average Bonchev–Trinajstić information content (AvgIpc) is 2.47. The molecule has 1 heterocycles. The van der Waals surface area contributed by atoms with Crippen LogP contribution in [-0.2, 0) is 0 Å². The minimum absolute atomic E-state index is 0.514. The van der Waals surface area contributed by atoms with Gasteiger partial charge in [-0.05, 0) is 25.5 Å². The Morgan fingerprint density at radius 2 is 1.90 bits per heavy atom. The molecule has 2 nitrogen and oxygen atoms in total. The number of fused-ring (bicyclic) bond motifs is 1. The Balaban J connectivity index is 1.81. The third-order valence-corrected chi connectivity index (χ3v) is 3.74. The molecule has 0 fully saturated rings. The lowest BCUT2D eigenvalue weighted by Gasteiger charge is -2.15. The van der Waals surface area contributed by atoms with E-state index in [4.69, 9.17) is 0 Å². The fraction of sp³-hybridized carbons (Fsp3) is 0.500. The van der Waals surface area contributed by atoms with Crippen molar-refractivity contribution in [3.63, 3.8) is 0 Å². The summed E-state index contributed by atoms with van der Waals surface area (Å²) in [6, 6.07) is 11.0. The summed E-state index contributed by atoms with van der Waals surface area (Å²) in [5.74, 6) is 0. The highest BCUT2D eigenvalue weighted by molar-refractivity contribution is 5.81. The van der Waals surface area contributed by atoms with Crippen LogP contribution in [0.4, 0.5) is 5.69 Å². The predicted octanol–water partition coefficient (Wildman–Crippen LogP) is 5.40. The van der Waals surface area contributed by atoms with Crippen LogP contribution in [0.1, 0.15) is 52.4 Å². The minimum atomic E-state index is 0.514. The Morgan fingerprint density at radius 3 is 2.75 bits per heavy atom. The van der Waals surface area contributed by atoms with Gasteiger partial charge >= 0.3 is 0 Å². The molecular weight excluding hydrogens is 244 g/mol. The standard InChI is InChI=1S/C18H26N2/c1-3-4-5-6-7-10-15(2)20-17-13-16-11-8-9-12-18(16)19-14-17/h8-9,11-15,20H,3-7,10H2,1-2H3. The first kappa shape index (κ1) is 14.8. The maximum atomic E-state index is 4.49. The van der Waals surface area contributed by atoms with Crippen LogP contribution in [0.25, 0.3) is 10.9 Å². The molecule has 0 saturated carbocycles. The topological polar surface area (TPSA) is 24.9 Å². The SMILES string of the molecule is CCCCCCCC(C)Nc1cnc2ccccc2c1. The van der Waals surface area contributed by atoms with Crippen LogP contribution >= 0.6 is 0 Å². The average molecular weight is 270 g/mol. The van der Waals surface area contributed by atoms with E-state index in [2.05, 4.69) is 48.4 Å². The molecule has 0 radical (unpaired) electrons. The van der Waals surface area contributed by atoms with Gasteiger partial charge in [0.2, 0.25) is 0 Å². The summed E-state index contributed by atoms with van der Waals surface area (Å²) in [7, 11) is 0. The minimum Gasteiger partial charge on any atom is -0.381 e. The maximum absolute atomic E-state index is 4.49. The molecule has 0 aliphatic carbocycles. The Morgan fingerprint density at radius 1 is 1.10 bits per heavy atom. The highest BCUT2D eigenvalue weighted by atomic mass is 14.9. The van der Waals surface area contributed by atoms with E-state index in [1.54, 1.807) is 0 Å². The second-order valence-corrected chi connectivity index (χ2v) is 5.66. The quantitative estimate of drug-likeness (QED) is 0.650. The van der Waals surface area contributed by atoms with Crippen LogP contribution in [0.2, 0.25) is 0 Å². The molecule has 1 aromatic carbocycles. The molecular formula is C18H26N2. The maximum Gasteiger partial charge on any atom is 0.0703 e. The summed E-state index contributed by atoms with van der Waals surface area (Å²) in [6.45, 7) is 4.52. The van der Waals surface area contributed by atoms with E-state index in [0.29, 0.717) is 6.04 Å². The van der Waals surface area contributed by atoms with Gasteiger partial charge in [-0.25, -0.2) is 0 Å². The van der Waals surface area contributed by atoms with Crippen molar-refractivity contribution in [2.24, 2.45) is 0 Å². The normalized spacial score (nSPS) is 12.5. The van der Waals surface area contributed by atoms with Crippen molar-refractivity contribution < 1.29 is 0 Å². The summed E-state index contributed by atoms with van der Waals surface area (Å²) in [4.78, 5) is 4.49. The van der Waals surface area contributed by atoms with Gasteiger partial charge in [0.05, 0.1) is 17.4 Å². The van der Waals surface area contributed by atoms with Gasteiger partial charge < -0.3 is 5.32 Å². The molecule has 0 bridgehead atoms. The Bertz CT molecular complexity index is 522. The van der Waals surface area contributed by atoms with Gasteiger partial charge in [0.25, 0.3) is 0 Å². The molecule has 108 valence electrons. The van der Waals surface area contributed by atoms with Crippen molar-refractivity contribution in [1.29, 1.82) is 0 Å². The fourth-order valence-electron chi connectivity index (χ4n) is 2.56. The lowest BCUT2D eigenvalue weighted by atomic mass is 10.1. The summed E-state index contributed by atoms with van der Waals surface area (Å²) in [5.41, 5.74) is 2.19. The van der Waals surface area contributed by atoms with Crippen molar-refractivity contribution in [3.05, 3.63) is 36.5 Å². The molecule has 1 aromatic heterocycles. The molecule has 2 aromatic rings. The van der Waals surface area contributed by atoms with Gasteiger partial charge in [-0.1, -0.05) is 57.2 Å². The first-order valence-corrected chi connectivity index (χ1v) is 7.91. The smallest absolute Gasteiger partial charge is 0.0703 e. The lowest BCUT2D eigenvalue weighted by molar-refractivity contribution is 0.578. The number of hydrogen-bond donors (Lipinski definition) is 1. The van der Waals surface area contributed by atoms with E-state index in [-0.39, 0.29) is 0 Å². The van der Waals surface area contributed by atoms with E-state index in [9.17, 15) is 0 Å². The van der Waals surface area contributed by atoms with Gasteiger partial charge in [0.15, 0.2) is 0 Å². The first-order valence-electron chi connectivity index (χ1n) is 7.91. The zero-order valence-electron chi connectivity index (χ0n) is 12.7. The molecule has 1 N–H and O–H groups in total. The van der Waals surface area contributed by atoms with Crippen molar-refractivity contribution in [2.75, 3.05) is 5.32 Å². The zero-order valence-corrected chi connectivity index (χ0v) is 12.7. The first-order chi connectivity index (χ1) is 9.79. The van der Waals surface area contributed by atoms with Crippen molar-refractivity contribution in [1.82, 2.24) is 4.98 Å². The molecule has 0 aliphatic heterocycles. The molecule has 20 heavy (non-hydrogen) atoms. The molecule has 1 atom stereocenters. The van der Waals surface area contributed by atoms with Gasteiger partial charge in [0.1, 0.15) is 0 Å². The third-order valence-electron chi connectivity index (χ3n) is 3.74. The highest BCUT2D eigenvalue weighted by Crippen LogP contribution is 2.18. The van der Waals surface area contributed by atoms with Gasteiger partial charge in [-0.2, -0.15) is 0 Å². The predicted molar refractivity (Wildman–Crippen MR) is 88.2 cm³/mol. The lowest BCUT2D eigenvalue weighted by Crippen LogP contribution is -2.14. The summed E-state index contributed by atoms with van der Waals surface area (Å²) in [6.07, 6.45) is 9.91. The summed E-state index contributed by atoms with van der Waals surface area (Å²) >= 11 is 0. The second kappa shape index (κ2) is 7.88. The number of anilines is 1. The fourth-order valence-corrected chi connectivity index (χ4v) is 2.56. The number of pyridine rings is 1. The number of hydrogen-bond acceptors (Lipinski definition) is 2.